The summed E-state index contributed by atoms with van der Waals surface area (Å²) in [4.78, 5) is 18.0. The molecule has 1 aromatic heterocycles. The van der Waals surface area contributed by atoms with Crippen molar-refractivity contribution < 1.29 is 4.79 Å². The first-order chi connectivity index (χ1) is 11.1. The van der Waals surface area contributed by atoms with Gasteiger partial charge in [-0.3, -0.25) is 9.78 Å². The van der Waals surface area contributed by atoms with Crippen LogP contribution in [0.5, 0.6) is 0 Å². The van der Waals surface area contributed by atoms with E-state index in [4.69, 9.17) is 11.6 Å². The molecule has 0 bridgehead atoms. The van der Waals surface area contributed by atoms with Gasteiger partial charge in [0.25, 0.3) is 0 Å². The maximum absolute atomic E-state index is 11.9. The maximum atomic E-state index is 11.9. The van der Waals surface area contributed by atoms with Gasteiger partial charge in [-0.1, -0.05) is 23.7 Å². The number of rotatable bonds is 5. The van der Waals surface area contributed by atoms with Gasteiger partial charge in [0.1, 0.15) is 0 Å². The lowest BCUT2D eigenvalue weighted by molar-refractivity contribution is -0.117. The van der Waals surface area contributed by atoms with E-state index in [0.29, 0.717) is 18.0 Å². The number of carbonyl (C=O) groups is 1. The van der Waals surface area contributed by atoms with E-state index in [2.05, 4.69) is 29.4 Å². The third kappa shape index (κ3) is 3.89. The van der Waals surface area contributed by atoms with Gasteiger partial charge in [0.15, 0.2) is 0 Å². The van der Waals surface area contributed by atoms with E-state index in [-0.39, 0.29) is 11.9 Å². The smallest absolute Gasteiger partial charge is 0.227 e. The summed E-state index contributed by atoms with van der Waals surface area (Å²) < 4.78 is 0. The van der Waals surface area contributed by atoms with E-state index in [9.17, 15) is 4.79 Å². The predicted octanol–water partition coefficient (Wildman–Crippen LogP) is 3.71. The molecule has 1 N–H and O–H groups in total. The van der Waals surface area contributed by atoms with Gasteiger partial charge in [0.05, 0.1) is 10.7 Å². The fraction of sp³-hybridized carbons (Fsp3) is 0.333. The molecule has 2 heterocycles. The highest BCUT2D eigenvalue weighted by Gasteiger charge is 2.22. The average Bonchev–Trinajstić information content (AvgIpc) is 3.00. The zero-order valence-electron chi connectivity index (χ0n) is 13.1. The molecule has 1 unspecified atom stereocenters. The van der Waals surface area contributed by atoms with Crippen molar-refractivity contribution in [2.24, 2.45) is 0 Å². The van der Waals surface area contributed by atoms with Gasteiger partial charge in [0, 0.05) is 37.4 Å². The molecule has 1 amide bonds. The Labute approximate surface area is 141 Å². The molecular weight excluding hydrogens is 310 g/mol. The van der Waals surface area contributed by atoms with Crippen LogP contribution in [-0.2, 0) is 11.3 Å². The lowest BCUT2D eigenvalue weighted by atomic mass is 10.1. The fourth-order valence-corrected chi connectivity index (χ4v) is 2.88. The van der Waals surface area contributed by atoms with E-state index in [1.807, 2.05) is 29.2 Å². The molecule has 4 nitrogen and oxygen atoms in total. The predicted molar refractivity (Wildman–Crippen MR) is 92.5 cm³/mol. The number of hydrogen-bond donors (Lipinski definition) is 1. The molecule has 1 aliphatic heterocycles. The normalized spacial score (nSPS) is 15.9. The van der Waals surface area contributed by atoms with Gasteiger partial charge < -0.3 is 10.2 Å². The monoisotopic (exact) mass is 329 g/mol. The number of nitrogens with one attached hydrogen (secondary N) is 1. The SMILES string of the molecule is CC(NCc1ccc(Cl)cn1)c1cccc(N2CCCC2=O)c1. The standard InChI is InChI=1S/C18H20ClN3O/c1-13(20-12-16-8-7-15(19)11-21-16)14-4-2-5-17(10-14)22-9-3-6-18(22)23/h2,4-5,7-8,10-11,13,20H,3,6,9,12H2,1H3. The second-order valence-corrected chi connectivity index (χ2v) is 6.25. The minimum atomic E-state index is 0.171. The fourth-order valence-electron chi connectivity index (χ4n) is 2.77. The Balaban J connectivity index is 1.66. The van der Waals surface area contributed by atoms with Crippen molar-refractivity contribution in [2.75, 3.05) is 11.4 Å². The Morgan fingerprint density at radius 3 is 2.91 bits per heavy atom. The minimum Gasteiger partial charge on any atom is -0.312 e. The summed E-state index contributed by atoms with van der Waals surface area (Å²) in [7, 11) is 0. The van der Waals surface area contributed by atoms with E-state index in [1.165, 1.54) is 0 Å². The highest BCUT2D eigenvalue weighted by atomic mass is 35.5. The van der Waals surface area contributed by atoms with Crippen molar-refractivity contribution in [2.45, 2.75) is 32.4 Å². The molecule has 0 radical (unpaired) electrons. The molecule has 1 atom stereocenters. The molecule has 3 rings (SSSR count). The zero-order valence-corrected chi connectivity index (χ0v) is 13.9. The number of carbonyl (C=O) groups excluding carboxylic acids is 1. The summed E-state index contributed by atoms with van der Waals surface area (Å²) >= 11 is 5.85. The number of pyridine rings is 1. The zero-order chi connectivity index (χ0) is 16.2. The molecule has 1 aliphatic rings. The summed E-state index contributed by atoms with van der Waals surface area (Å²) in [6.45, 7) is 3.60. The van der Waals surface area contributed by atoms with Crippen molar-refractivity contribution in [1.29, 1.82) is 0 Å². The van der Waals surface area contributed by atoms with Gasteiger partial charge in [-0.2, -0.15) is 0 Å². The van der Waals surface area contributed by atoms with Crippen LogP contribution in [-0.4, -0.2) is 17.4 Å². The van der Waals surface area contributed by atoms with Crippen molar-refractivity contribution >= 4 is 23.2 Å². The number of anilines is 1. The van der Waals surface area contributed by atoms with Crippen LogP contribution in [0.25, 0.3) is 0 Å². The van der Waals surface area contributed by atoms with Gasteiger partial charge >= 0.3 is 0 Å². The van der Waals surface area contributed by atoms with Crippen LogP contribution in [0.1, 0.15) is 37.1 Å². The van der Waals surface area contributed by atoms with E-state index in [0.717, 1.165) is 29.9 Å². The van der Waals surface area contributed by atoms with Crippen LogP contribution in [0.15, 0.2) is 42.6 Å². The molecular formula is C18H20ClN3O. The molecule has 0 saturated carbocycles. The highest BCUT2D eigenvalue weighted by molar-refractivity contribution is 6.30. The highest BCUT2D eigenvalue weighted by Crippen LogP contribution is 2.24. The second kappa shape index (κ2) is 7.11. The van der Waals surface area contributed by atoms with Gasteiger partial charge in [-0.05, 0) is 43.2 Å². The largest absolute Gasteiger partial charge is 0.312 e. The number of nitrogens with zero attached hydrogens (tertiary/aromatic N) is 2. The van der Waals surface area contributed by atoms with Crippen LogP contribution in [0.4, 0.5) is 5.69 Å². The molecule has 5 heteroatoms. The first-order valence-electron chi connectivity index (χ1n) is 7.87. The molecule has 1 fully saturated rings. The second-order valence-electron chi connectivity index (χ2n) is 5.81. The Morgan fingerprint density at radius 2 is 2.22 bits per heavy atom. The molecule has 0 aliphatic carbocycles. The number of hydrogen-bond acceptors (Lipinski definition) is 3. The molecule has 2 aromatic rings. The van der Waals surface area contributed by atoms with E-state index >= 15 is 0 Å². The summed E-state index contributed by atoms with van der Waals surface area (Å²) in [5, 5.41) is 4.10. The summed E-state index contributed by atoms with van der Waals surface area (Å²) in [5.41, 5.74) is 3.10. The molecule has 0 spiro atoms. The molecule has 1 aromatic carbocycles. The van der Waals surface area contributed by atoms with E-state index < -0.39 is 0 Å². The van der Waals surface area contributed by atoms with Crippen molar-refractivity contribution in [3.63, 3.8) is 0 Å². The lowest BCUT2D eigenvalue weighted by Gasteiger charge is -2.19. The van der Waals surface area contributed by atoms with Crippen molar-refractivity contribution in [1.82, 2.24) is 10.3 Å². The minimum absolute atomic E-state index is 0.171. The summed E-state index contributed by atoms with van der Waals surface area (Å²) in [6, 6.07) is 12.1. The lowest BCUT2D eigenvalue weighted by Crippen LogP contribution is -2.24. The van der Waals surface area contributed by atoms with Crippen LogP contribution >= 0.6 is 11.6 Å². The average molecular weight is 330 g/mol. The van der Waals surface area contributed by atoms with Gasteiger partial charge in [0.2, 0.25) is 5.91 Å². The van der Waals surface area contributed by atoms with Gasteiger partial charge in [-0.15, -0.1) is 0 Å². The third-order valence-corrected chi connectivity index (χ3v) is 4.36. The topological polar surface area (TPSA) is 45.2 Å². The van der Waals surface area contributed by atoms with E-state index in [1.54, 1.807) is 6.20 Å². The Hall–Kier alpha value is -1.91. The summed E-state index contributed by atoms with van der Waals surface area (Å²) in [5.74, 6) is 0.216. The number of amides is 1. The Morgan fingerprint density at radius 1 is 1.35 bits per heavy atom. The summed E-state index contributed by atoms with van der Waals surface area (Å²) in [6.07, 6.45) is 3.25. The van der Waals surface area contributed by atoms with Crippen LogP contribution < -0.4 is 10.2 Å². The number of benzene rings is 1. The maximum Gasteiger partial charge on any atom is 0.227 e. The van der Waals surface area contributed by atoms with Crippen molar-refractivity contribution in [3.8, 4) is 0 Å². The van der Waals surface area contributed by atoms with Crippen molar-refractivity contribution in [3.05, 3.63) is 58.9 Å². The Bertz CT molecular complexity index is 687. The molecule has 1 saturated heterocycles. The number of halogens is 1. The van der Waals surface area contributed by atoms with Crippen LogP contribution in [0.3, 0.4) is 0 Å². The first-order valence-corrected chi connectivity index (χ1v) is 8.25. The number of aromatic nitrogens is 1. The third-order valence-electron chi connectivity index (χ3n) is 4.13. The quantitative estimate of drug-likeness (QED) is 0.909. The van der Waals surface area contributed by atoms with Crippen LogP contribution in [0, 0.1) is 0 Å². The first kappa shape index (κ1) is 16.0. The molecule has 120 valence electrons. The van der Waals surface area contributed by atoms with Gasteiger partial charge in [-0.25, -0.2) is 0 Å². The Kier molecular flexibility index (Phi) is 4.94. The van der Waals surface area contributed by atoms with Crippen LogP contribution in [0.2, 0.25) is 5.02 Å². The molecule has 23 heavy (non-hydrogen) atoms.